The first-order valence-electron chi connectivity index (χ1n) is 5.89. The van der Waals surface area contributed by atoms with E-state index < -0.39 is 11.9 Å². The van der Waals surface area contributed by atoms with Gasteiger partial charge < -0.3 is 16.2 Å². The molecule has 1 aromatic heterocycles. The van der Waals surface area contributed by atoms with Gasteiger partial charge in [-0.25, -0.2) is 4.68 Å². The van der Waals surface area contributed by atoms with Gasteiger partial charge in [-0.05, 0) is 18.2 Å². The fourth-order valence-corrected chi connectivity index (χ4v) is 1.87. The summed E-state index contributed by atoms with van der Waals surface area (Å²) in [7, 11) is 0. The number of benzene rings is 1. The molecule has 1 aromatic carbocycles. The number of hydrogen-bond donors (Lipinski definition) is 3. The smallest absolute Gasteiger partial charge is 0.325 e. The minimum atomic E-state index is -1.01. The highest BCUT2D eigenvalue weighted by molar-refractivity contribution is 6.31. The Morgan fingerprint density at radius 2 is 2.19 bits per heavy atom. The van der Waals surface area contributed by atoms with Crippen LogP contribution in [0.5, 0.6) is 0 Å². The van der Waals surface area contributed by atoms with E-state index in [-0.39, 0.29) is 18.7 Å². The van der Waals surface area contributed by atoms with Gasteiger partial charge in [0.25, 0.3) is 5.91 Å². The van der Waals surface area contributed by atoms with E-state index >= 15 is 0 Å². The van der Waals surface area contributed by atoms with Gasteiger partial charge in [0, 0.05) is 10.7 Å². The third-order valence-electron chi connectivity index (χ3n) is 2.59. The lowest BCUT2D eigenvalue weighted by Crippen LogP contribution is -2.14. The fourth-order valence-electron chi connectivity index (χ4n) is 1.70. The summed E-state index contributed by atoms with van der Waals surface area (Å²) in [5.74, 6) is -1.61. The maximum Gasteiger partial charge on any atom is 0.325 e. The molecule has 0 saturated heterocycles. The van der Waals surface area contributed by atoms with Crippen LogP contribution in [0.15, 0.2) is 24.4 Å². The Hall–Kier alpha value is -2.61. The number of halogens is 1. The second-order valence-corrected chi connectivity index (χ2v) is 4.65. The van der Waals surface area contributed by atoms with Gasteiger partial charge in [0.15, 0.2) is 0 Å². The van der Waals surface area contributed by atoms with Gasteiger partial charge in [-0.1, -0.05) is 16.8 Å². The molecule has 0 bridgehead atoms. The van der Waals surface area contributed by atoms with Crippen LogP contribution in [-0.4, -0.2) is 32.0 Å². The highest BCUT2D eigenvalue weighted by atomic mass is 35.5. The molecule has 1 heterocycles. The third kappa shape index (κ3) is 3.93. The average molecular weight is 310 g/mol. The summed E-state index contributed by atoms with van der Waals surface area (Å²) >= 11 is 5.81. The molecule has 8 nitrogen and oxygen atoms in total. The number of anilines is 1. The van der Waals surface area contributed by atoms with E-state index in [9.17, 15) is 9.59 Å². The summed E-state index contributed by atoms with van der Waals surface area (Å²) in [5.41, 5.74) is 6.58. The Labute approximate surface area is 124 Å². The summed E-state index contributed by atoms with van der Waals surface area (Å²) < 4.78 is 1.20. The molecule has 110 valence electrons. The molecule has 0 atom stereocenters. The number of carboxylic acids is 1. The summed E-state index contributed by atoms with van der Waals surface area (Å²) in [6, 6.07) is 4.72. The SMILES string of the molecule is NC(=O)c1cc(Cl)ccc1NCc1cn(CC(=O)O)nn1. The molecule has 0 aliphatic carbocycles. The Balaban J connectivity index is 2.08. The maximum atomic E-state index is 11.3. The number of aromatic nitrogens is 3. The summed E-state index contributed by atoms with van der Waals surface area (Å²) in [5, 5.41) is 19.5. The van der Waals surface area contributed by atoms with Crippen LogP contribution < -0.4 is 11.1 Å². The van der Waals surface area contributed by atoms with Gasteiger partial charge in [0.2, 0.25) is 0 Å². The first-order valence-corrected chi connectivity index (χ1v) is 6.27. The molecule has 0 aliphatic rings. The lowest BCUT2D eigenvalue weighted by Gasteiger charge is -2.08. The van der Waals surface area contributed by atoms with E-state index in [1.54, 1.807) is 12.1 Å². The topological polar surface area (TPSA) is 123 Å². The van der Waals surface area contributed by atoms with Crippen LogP contribution in [0.3, 0.4) is 0 Å². The lowest BCUT2D eigenvalue weighted by atomic mass is 10.1. The molecule has 0 unspecified atom stereocenters. The number of rotatable bonds is 6. The summed E-state index contributed by atoms with van der Waals surface area (Å²) in [4.78, 5) is 21.9. The van der Waals surface area contributed by atoms with E-state index in [0.717, 1.165) is 0 Å². The van der Waals surface area contributed by atoms with Crippen LogP contribution in [0, 0.1) is 0 Å². The van der Waals surface area contributed by atoms with Crippen molar-refractivity contribution >= 4 is 29.2 Å². The molecule has 2 aromatic rings. The fraction of sp³-hybridized carbons (Fsp3) is 0.167. The van der Waals surface area contributed by atoms with Crippen LogP contribution in [0.2, 0.25) is 5.02 Å². The zero-order chi connectivity index (χ0) is 15.4. The van der Waals surface area contributed by atoms with Crippen molar-refractivity contribution in [1.82, 2.24) is 15.0 Å². The van der Waals surface area contributed by atoms with Gasteiger partial charge in [0.05, 0.1) is 18.3 Å². The van der Waals surface area contributed by atoms with Crippen molar-refractivity contribution in [3.05, 3.63) is 40.7 Å². The van der Waals surface area contributed by atoms with Gasteiger partial charge in [-0.15, -0.1) is 5.10 Å². The molecular formula is C12H12ClN5O3. The van der Waals surface area contributed by atoms with E-state index in [4.69, 9.17) is 22.4 Å². The number of primary amides is 1. The van der Waals surface area contributed by atoms with Crippen molar-refractivity contribution in [2.45, 2.75) is 13.1 Å². The monoisotopic (exact) mass is 309 g/mol. The normalized spacial score (nSPS) is 10.3. The first kappa shape index (κ1) is 14.8. The summed E-state index contributed by atoms with van der Waals surface area (Å²) in [6.07, 6.45) is 1.50. The number of nitrogens with zero attached hydrogens (tertiary/aromatic N) is 3. The second-order valence-electron chi connectivity index (χ2n) is 4.21. The molecular weight excluding hydrogens is 298 g/mol. The van der Waals surface area contributed by atoms with E-state index in [0.29, 0.717) is 16.4 Å². The van der Waals surface area contributed by atoms with Crippen LogP contribution in [0.25, 0.3) is 0 Å². The van der Waals surface area contributed by atoms with E-state index in [1.807, 2.05) is 0 Å². The Bertz CT molecular complexity index is 685. The lowest BCUT2D eigenvalue weighted by molar-refractivity contribution is -0.137. The zero-order valence-electron chi connectivity index (χ0n) is 10.8. The molecule has 2 rings (SSSR count). The zero-order valence-corrected chi connectivity index (χ0v) is 11.5. The van der Waals surface area contributed by atoms with Gasteiger partial charge in [0.1, 0.15) is 12.2 Å². The molecule has 9 heteroatoms. The number of carbonyl (C=O) groups excluding carboxylic acids is 1. The number of nitrogens with two attached hydrogens (primary N) is 1. The minimum absolute atomic E-state index is 0.263. The van der Waals surface area contributed by atoms with Crippen LogP contribution in [0.1, 0.15) is 16.1 Å². The van der Waals surface area contributed by atoms with Gasteiger partial charge in [-0.3, -0.25) is 9.59 Å². The van der Waals surface area contributed by atoms with Crippen molar-refractivity contribution in [1.29, 1.82) is 0 Å². The van der Waals surface area contributed by atoms with Gasteiger partial charge in [-0.2, -0.15) is 0 Å². The number of nitrogens with one attached hydrogen (secondary N) is 1. The highest BCUT2D eigenvalue weighted by Crippen LogP contribution is 2.20. The molecule has 0 saturated carbocycles. The van der Waals surface area contributed by atoms with Gasteiger partial charge >= 0.3 is 5.97 Å². The molecule has 0 aliphatic heterocycles. The van der Waals surface area contributed by atoms with E-state index in [1.165, 1.54) is 16.9 Å². The number of aliphatic carboxylic acids is 1. The van der Waals surface area contributed by atoms with Crippen LogP contribution in [0.4, 0.5) is 5.69 Å². The standard InChI is InChI=1S/C12H12ClN5O3/c13-7-1-2-10(9(3-7)12(14)21)15-4-8-5-18(17-16-8)6-11(19)20/h1-3,5,15H,4,6H2,(H2,14,21)(H,19,20). The average Bonchev–Trinajstić information content (AvgIpc) is 2.83. The molecule has 0 spiro atoms. The van der Waals surface area contributed by atoms with E-state index in [2.05, 4.69) is 15.6 Å². The Morgan fingerprint density at radius 3 is 2.86 bits per heavy atom. The third-order valence-corrected chi connectivity index (χ3v) is 2.83. The molecule has 0 fully saturated rings. The van der Waals surface area contributed by atoms with Crippen molar-refractivity contribution in [3.63, 3.8) is 0 Å². The predicted octanol–water partition coefficient (Wildman–Crippen LogP) is 0.727. The van der Waals surface area contributed by atoms with Crippen molar-refractivity contribution in [2.75, 3.05) is 5.32 Å². The molecule has 4 N–H and O–H groups in total. The quantitative estimate of drug-likeness (QED) is 0.722. The van der Waals surface area contributed by atoms with Crippen molar-refractivity contribution in [3.8, 4) is 0 Å². The Morgan fingerprint density at radius 1 is 1.43 bits per heavy atom. The maximum absolute atomic E-state index is 11.3. The Kier molecular flexibility index (Phi) is 4.39. The van der Waals surface area contributed by atoms with Crippen molar-refractivity contribution in [2.24, 2.45) is 5.73 Å². The minimum Gasteiger partial charge on any atom is -0.480 e. The van der Waals surface area contributed by atoms with Crippen LogP contribution in [-0.2, 0) is 17.9 Å². The summed E-state index contributed by atoms with van der Waals surface area (Å²) in [6.45, 7) is 0.00200. The predicted molar refractivity (Wildman–Crippen MR) is 75.0 cm³/mol. The first-order chi connectivity index (χ1) is 9.95. The van der Waals surface area contributed by atoms with Crippen molar-refractivity contribution < 1.29 is 14.7 Å². The number of amides is 1. The molecule has 21 heavy (non-hydrogen) atoms. The largest absolute Gasteiger partial charge is 0.480 e. The second kappa shape index (κ2) is 6.23. The highest BCUT2D eigenvalue weighted by Gasteiger charge is 2.10. The number of carbonyl (C=O) groups is 2. The number of hydrogen-bond acceptors (Lipinski definition) is 5. The molecule has 1 amide bonds. The molecule has 0 radical (unpaired) electrons. The number of carboxylic acid groups (broad SMARTS) is 1. The van der Waals surface area contributed by atoms with Crippen LogP contribution >= 0.6 is 11.6 Å².